The number of aliphatic hydroxyl groups is 1. The van der Waals surface area contributed by atoms with E-state index in [4.69, 9.17) is 9.84 Å². The van der Waals surface area contributed by atoms with Crippen LogP contribution in [-0.2, 0) is 0 Å². The first-order valence-corrected chi connectivity index (χ1v) is 7.06. The van der Waals surface area contributed by atoms with Crippen molar-refractivity contribution in [1.29, 1.82) is 0 Å². The van der Waals surface area contributed by atoms with E-state index in [1.165, 1.54) is 0 Å². The van der Waals surface area contributed by atoms with E-state index >= 15 is 0 Å². The fraction of sp³-hybridized carbons (Fsp3) is 0.600. The van der Waals surface area contributed by atoms with Crippen molar-refractivity contribution in [3.05, 3.63) is 24.3 Å². The number of hydrogen-bond donors (Lipinski definition) is 2. The normalized spacial score (nSPS) is 17.4. The number of hydrogen-bond acceptors (Lipinski definition) is 4. The summed E-state index contributed by atoms with van der Waals surface area (Å²) < 4.78 is 5.36. The zero-order valence-electron chi connectivity index (χ0n) is 11.6. The van der Waals surface area contributed by atoms with E-state index in [-0.39, 0.29) is 0 Å². The van der Waals surface area contributed by atoms with Gasteiger partial charge in [-0.25, -0.2) is 0 Å². The minimum Gasteiger partial charge on any atom is -0.495 e. The number of para-hydroxylation sites is 2. The third-order valence-corrected chi connectivity index (χ3v) is 3.69. The molecule has 1 aromatic carbocycles. The molecule has 2 rings (SSSR count). The van der Waals surface area contributed by atoms with Gasteiger partial charge in [0.25, 0.3) is 0 Å². The van der Waals surface area contributed by atoms with Crippen LogP contribution in [0.5, 0.6) is 5.75 Å². The molecule has 1 aliphatic rings. The molecule has 19 heavy (non-hydrogen) atoms. The van der Waals surface area contributed by atoms with Gasteiger partial charge in [-0.3, -0.25) is 0 Å². The highest BCUT2D eigenvalue weighted by molar-refractivity contribution is 5.56. The highest BCUT2D eigenvalue weighted by Crippen LogP contribution is 2.26. The first-order chi connectivity index (χ1) is 9.33. The number of anilines is 1. The number of nitrogens with zero attached hydrogens (tertiary/aromatic N) is 1. The van der Waals surface area contributed by atoms with Gasteiger partial charge in [0.05, 0.1) is 12.8 Å². The van der Waals surface area contributed by atoms with E-state index in [2.05, 4.69) is 16.3 Å². The SMILES string of the molecule is COc1ccccc1NC1CCN(CCCO)CC1. The number of nitrogens with one attached hydrogen (secondary N) is 1. The predicted octanol–water partition coefficient (Wildman–Crippen LogP) is 1.95. The molecule has 0 aromatic heterocycles. The smallest absolute Gasteiger partial charge is 0.141 e. The third-order valence-electron chi connectivity index (χ3n) is 3.69. The Balaban J connectivity index is 1.82. The maximum absolute atomic E-state index is 8.85. The summed E-state index contributed by atoms with van der Waals surface area (Å²) in [6.45, 7) is 3.51. The first kappa shape index (κ1) is 14.2. The largest absolute Gasteiger partial charge is 0.495 e. The summed E-state index contributed by atoms with van der Waals surface area (Å²) in [7, 11) is 1.71. The van der Waals surface area contributed by atoms with E-state index in [1.807, 2.05) is 18.2 Å². The van der Waals surface area contributed by atoms with Gasteiger partial charge in [-0.05, 0) is 31.4 Å². The van der Waals surface area contributed by atoms with Gasteiger partial charge in [0.2, 0.25) is 0 Å². The zero-order valence-corrected chi connectivity index (χ0v) is 11.6. The van der Waals surface area contributed by atoms with E-state index in [0.717, 1.165) is 50.3 Å². The van der Waals surface area contributed by atoms with Gasteiger partial charge in [-0.2, -0.15) is 0 Å². The van der Waals surface area contributed by atoms with Crippen LogP contribution in [0.3, 0.4) is 0 Å². The molecule has 0 spiro atoms. The van der Waals surface area contributed by atoms with Gasteiger partial charge in [-0.1, -0.05) is 12.1 Å². The summed E-state index contributed by atoms with van der Waals surface area (Å²) in [5.41, 5.74) is 1.08. The van der Waals surface area contributed by atoms with Gasteiger partial charge in [0.15, 0.2) is 0 Å². The van der Waals surface area contributed by atoms with Crippen molar-refractivity contribution in [3.8, 4) is 5.75 Å². The predicted molar refractivity (Wildman–Crippen MR) is 77.8 cm³/mol. The lowest BCUT2D eigenvalue weighted by Gasteiger charge is -2.33. The second kappa shape index (κ2) is 7.36. The van der Waals surface area contributed by atoms with Crippen LogP contribution in [0.25, 0.3) is 0 Å². The minimum atomic E-state index is 0.291. The van der Waals surface area contributed by atoms with Crippen LogP contribution in [0, 0.1) is 0 Å². The van der Waals surface area contributed by atoms with Gasteiger partial charge in [-0.15, -0.1) is 0 Å². The van der Waals surface area contributed by atoms with Crippen molar-refractivity contribution in [2.75, 3.05) is 38.7 Å². The number of methoxy groups -OCH3 is 1. The van der Waals surface area contributed by atoms with Crippen LogP contribution in [0.4, 0.5) is 5.69 Å². The fourth-order valence-corrected chi connectivity index (χ4v) is 2.58. The molecule has 4 nitrogen and oxygen atoms in total. The molecular formula is C15H24N2O2. The fourth-order valence-electron chi connectivity index (χ4n) is 2.58. The molecule has 4 heteroatoms. The Labute approximate surface area is 115 Å². The van der Waals surface area contributed by atoms with E-state index in [1.54, 1.807) is 7.11 Å². The van der Waals surface area contributed by atoms with E-state index in [9.17, 15) is 0 Å². The van der Waals surface area contributed by atoms with Gasteiger partial charge in [0.1, 0.15) is 5.75 Å². The quantitative estimate of drug-likeness (QED) is 0.824. The molecule has 1 saturated heterocycles. The number of piperidine rings is 1. The Morgan fingerprint density at radius 1 is 1.32 bits per heavy atom. The molecule has 0 radical (unpaired) electrons. The maximum atomic E-state index is 8.85. The lowest BCUT2D eigenvalue weighted by atomic mass is 10.0. The Morgan fingerprint density at radius 3 is 2.74 bits per heavy atom. The number of aliphatic hydroxyl groups excluding tert-OH is 1. The number of ether oxygens (including phenoxy) is 1. The zero-order chi connectivity index (χ0) is 13.5. The summed E-state index contributed by atoms with van der Waals surface area (Å²) in [4.78, 5) is 2.43. The molecule has 0 amide bonds. The third kappa shape index (κ3) is 4.11. The second-order valence-corrected chi connectivity index (χ2v) is 5.04. The van der Waals surface area contributed by atoms with Gasteiger partial charge < -0.3 is 20.1 Å². The second-order valence-electron chi connectivity index (χ2n) is 5.04. The topological polar surface area (TPSA) is 44.7 Å². The van der Waals surface area contributed by atoms with Crippen molar-refractivity contribution in [2.45, 2.75) is 25.3 Å². The molecule has 0 aliphatic carbocycles. The molecular weight excluding hydrogens is 240 g/mol. The van der Waals surface area contributed by atoms with Crippen molar-refractivity contribution >= 4 is 5.69 Å². The molecule has 1 aliphatic heterocycles. The summed E-state index contributed by atoms with van der Waals surface area (Å²) in [6, 6.07) is 8.58. The van der Waals surface area contributed by atoms with Crippen LogP contribution in [0.1, 0.15) is 19.3 Å². The molecule has 1 aromatic rings. The molecule has 0 bridgehead atoms. The van der Waals surface area contributed by atoms with Crippen LogP contribution >= 0.6 is 0 Å². The van der Waals surface area contributed by atoms with Gasteiger partial charge in [0, 0.05) is 32.3 Å². The summed E-state index contributed by atoms with van der Waals surface area (Å²) in [6.07, 6.45) is 3.16. The standard InChI is InChI=1S/C15H24N2O2/c1-19-15-6-3-2-5-14(15)16-13-7-10-17(11-8-13)9-4-12-18/h2-3,5-6,13,16,18H,4,7-12H2,1H3. The molecule has 0 atom stereocenters. The molecule has 1 heterocycles. The maximum Gasteiger partial charge on any atom is 0.141 e. The number of likely N-dealkylation sites (tertiary alicyclic amines) is 1. The first-order valence-electron chi connectivity index (χ1n) is 7.06. The van der Waals surface area contributed by atoms with Crippen LogP contribution in [0.15, 0.2) is 24.3 Å². The molecule has 2 N–H and O–H groups in total. The van der Waals surface area contributed by atoms with Crippen molar-refractivity contribution in [1.82, 2.24) is 4.90 Å². The van der Waals surface area contributed by atoms with Gasteiger partial charge >= 0.3 is 0 Å². The molecule has 0 saturated carbocycles. The lowest BCUT2D eigenvalue weighted by molar-refractivity contribution is 0.192. The molecule has 1 fully saturated rings. The van der Waals surface area contributed by atoms with Crippen molar-refractivity contribution in [3.63, 3.8) is 0 Å². The Hall–Kier alpha value is -1.26. The molecule has 106 valence electrons. The van der Waals surface area contributed by atoms with E-state index in [0.29, 0.717) is 12.6 Å². The average Bonchev–Trinajstić information content (AvgIpc) is 2.47. The number of benzene rings is 1. The number of rotatable bonds is 6. The van der Waals surface area contributed by atoms with Crippen LogP contribution in [-0.4, -0.2) is 49.4 Å². The average molecular weight is 264 g/mol. The summed E-state index contributed by atoms with van der Waals surface area (Å²) in [5, 5.41) is 12.4. The van der Waals surface area contributed by atoms with Crippen LogP contribution in [0.2, 0.25) is 0 Å². The lowest BCUT2D eigenvalue weighted by Crippen LogP contribution is -2.39. The van der Waals surface area contributed by atoms with Crippen LogP contribution < -0.4 is 10.1 Å². The Bertz CT molecular complexity index is 376. The summed E-state index contributed by atoms with van der Waals surface area (Å²) >= 11 is 0. The highest BCUT2D eigenvalue weighted by Gasteiger charge is 2.19. The van der Waals surface area contributed by atoms with Crippen molar-refractivity contribution in [2.24, 2.45) is 0 Å². The highest BCUT2D eigenvalue weighted by atomic mass is 16.5. The van der Waals surface area contributed by atoms with Crippen molar-refractivity contribution < 1.29 is 9.84 Å². The Morgan fingerprint density at radius 2 is 2.05 bits per heavy atom. The minimum absolute atomic E-state index is 0.291. The Kier molecular flexibility index (Phi) is 5.48. The van der Waals surface area contributed by atoms with E-state index < -0.39 is 0 Å². The summed E-state index contributed by atoms with van der Waals surface area (Å²) in [5.74, 6) is 0.908. The molecule has 0 unspecified atom stereocenters. The monoisotopic (exact) mass is 264 g/mol.